The average Bonchev–Trinajstić information content (AvgIpc) is 2.80. The first-order valence-corrected chi connectivity index (χ1v) is 13.4. The maximum atomic E-state index is 5.79. The number of methoxy groups -OCH3 is 1. The van der Waals surface area contributed by atoms with Crippen molar-refractivity contribution in [3.05, 3.63) is 53.1 Å². The molecule has 0 spiro atoms. The van der Waals surface area contributed by atoms with Gasteiger partial charge >= 0.3 is 0 Å². The van der Waals surface area contributed by atoms with Gasteiger partial charge in [0, 0.05) is 36.1 Å². The van der Waals surface area contributed by atoms with Crippen LogP contribution in [-0.4, -0.2) is 25.9 Å². The summed E-state index contributed by atoms with van der Waals surface area (Å²) in [5.41, 5.74) is 6.92. The maximum absolute atomic E-state index is 5.79. The zero-order chi connectivity index (χ0) is 23.7. The predicted octanol–water partition coefficient (Wildman–Crippen LogP) is 7.64. The van der Waals surface area contributed by atoms with Gasteiger partial charge in [0.2, 0.25) is 0 Å². The number of benzene rings is 2. The van der Waals surface area contributed by atoms with E-state index >= 15 is 0 Å². The van der Waals surface area contributed by atoms with Crippen LogP contribution in [-0.2, 0) is 5.41 Å². The van der Waals surface area contributed by atoms with E-state index in [4.69, 9.17) is 9.73 Å². The molecule has 4 fully saturated rings. The lowest BCUT2D eigenvalue weighted by Gasteiger charge is -2.57. The maximum Gasteiger partial charge on any atom is 0.129 e. The van der Waals surface area contributed by atoms with E-state index in [1.54, 1.807) is 12.7 Å². The standard InChI is InChI=1S/C31H40N2O/c1-20-15-30(2,3)33(4)28-14-29(34-5)24(13-27(20)28)19-32-26-8-6-25(7-9-26)31-16-21-10-22(17-31)12-23(11-21)18-31/h6-9,13-14,19-23H,10-12,15-18H2,1-5H3. The summed E-state index contributed by atoms with van der Waals surface area (Å²) in [6.07, 6.45) is 11.9. The van der Waals surface area contributed by atoms with Gasteiger partial charge in [-0.25, -0.2) is 0 Å². The number of nitrogens with zero attached hydrogens (tertiary/aromatic N) is 2. The molecule has 4 aliphatic carbocycles. The SMILES string of the molecule is COc1cc2c(cc1C=Nc1ccc(C34CC5CC(CC(C5)C3)C4)cc1)C(C)CC(C)(C)N2C. The molecule has 1 heterocycles. The van der Waals surface area contributed by atoms with Gasteiger partial charge in [-0.1, -0.05) is 19.1 Å². The quantitative estimate of drug-likeness (QED) is 0.442. The normalized spacial score (nSPS) is 33.4. The van der Waals surface area contributed by atoms with E-state index in [1.165, 1.54) is 49.8 Å². The van der Waals surface area contributed by atoms with E-state index in [0.717, 1.165) is 41.2 Å². The van der Waals surface area contributed by atoms with Gasteiger partial charge in [-0.3, -0.25) is 4.99 Å². The second-order valence-electron chi connectivity index (χ2n) is 12.6. The monoisotopic (exact) mass is 456 g/mol. The molecule has 5 aliphatic rings. The minimum atomic E-state index is 0.144. The van der Waals surface area contributed by atoms with E-state index in [9.17, 15) is 0 Å². The van der Waals surface area contributed by atoms with Crippen molar-refractivity contribution >= 4 is 17.6 Å². The van der Waals surface area contributed by atoms with Crippen molar-refractivity contribution in [2.45, 2.75) is 82.6 Å². The summed E-state index contributed by atoms with van der Waals surface area (Å²) in [7, 11) is 3.96. The zero-order valence-electron chi connectivity index (χ0n) is 21.6. The number of fused-ring (bicyclic) bond motifs is 1. The van der Waals surface area contributed by atoms with Crippen LogP contribution in [0.1, 0.15) is 88.3 Å². The van der Waals surface area contributed by atoms with Gasteiger partial charge in [-0.2, -0.15) is 0 Å². The van der Waals surface area contributed by atoms with Gasteiger partial charge in [0.15, 0.2) is 0 Å². The molecule has 34 heavy (non-hydrogen) atoms. The first-order valence-electron chi connectivity index (χ1n) is 13.4. The molecule has 0 aromatic heterocycles. The van der Waals surface area contributed by atoms with Crippen molar-refractivity contribution in [3.8, 4) is 5.75 Å². The molecular formula is C31H40N2O. The van der Waals surface area contributed by atoms with Crippen molar-refractivity contribution in [1.82, 2.24) is 0 Å². The lowest BCUT2D eigenvalue weighted by molar-refractivity contribution is -0.00518. The number of hydrogen-bond acceptors (Lipinski definition) is 3. The summed E-state index contributed by atoms with van der Waals surface area (Å²) in [6.45, 7) is 6.98. The Morgan fingerprint density at radius 2 is 1.56 bits per heavy atom. The van der Waals surface area contributed by atoms with Gasteiger partial charge in [0.25, 0.3) is 0 Å². The number of rotatable bonds is 4. The highest BCUT2D eigenvalue weighted by atomic mass is 16.5. The Bertz CT molecular complexity index is 1080. The van der Waals surface area contributed by atoms with Gasteiger partial charge in [-0.15, -0.1) is 0 Å². The van der Waals surface area contributed by atoms with Crippen molar-refractivity contribution in [2.75, 3.05) is 19.1 Å². The van der Waals surface area contributed by atoms with E-state index in [-0.39, 0.29) is 5.54 Å². The number of anilines is 1. The topological polar surface area (TPSA) is 24.8 Å². The fourth-order valence-electron chi connectivity index (χ4n) is 8.40. The molecule has 180 valence electrons. The lowest BCUT2D eigenvalue weighted by Crippen LogP contribution is -2.48. The number of ether oxygens (including phenoxy) is 1. The zero-order valence-corrected chi connectivity index (χ0v) is 21.6. The van der Waals surface area contributed by atoms with Gasteiger partial charge in [0.1, 0.15) is 5.75 Å². The molecule has 0 saturated heterocycles. The smallest absolute Gasteiger partial charge is 0.129 e. The van der Waals surface area contributed by atoms with Crippen LogP contribution in [0.25, 0.3) is 0 Å². The fraction of sp³-hybridized carbons (Fsp3) is 0.581. The molecule has 2 aromatic rings. The molecule has 7 rings (SSSR count). The third-order valence-electron chi connectivity index (χ3n) is 9.86. The molecule has 0 amide bonds. The first-order chi connectivity index (χ1) is 16.3. The van der Waals surface area contributed by atoms with Crippen molar-refractivity contribution < 1.29 is 4.74 Å². The molecular weight excluding hydrogens is 416 g/mol. The number of hydrogen-bond donors (Lipinski definition) is 0. The van der Waals surface area contributed by atoms with Crippen LogP contribution in [0.15, 0.2) is 41.4 Å². The second kappa shape index (κ2) is 7.86. The van der Waals surface area contributed by atoms with Gasteiger partial charge in [-0.05, 0) is 117 Å². The molecule has 1 atom stereocenters. The molecule has 3 nitrogen and oxygen atoms in total. The average molecular weight is 457 g/mol. The molecule has 4 saturated carbocycles. The molecule has 1 unspecified atom stereocenters. The van der Waals surface area contributed by atoms with E-state index in [2.05, 4.69) is 69.1 Å². The van der Waals surface area contributed by atoms with E-state index in [0.29, 0.717) is 11.3 Å². The molecule has 2 aromatic carbocycles. The van der Waals surface area contributed by atoms with Crippen molar-refractivity contribution in [2.24, 2.45) is 22.7 Å². The molecule has 0 radical (unpaired) electrons. The summed E-state index contributed by atoms with van der Waals surface area (Å²) in [4.78, 5) is 7.27. The van der Waals surface area contributed by atoms with Crippen LogP contribution in [0.2, 0.25) is 0 Å². The van der Waals surface area contributed by atoms with Crippen LogP contribution in [0.5, 0.6) is 5.75 Å². The Kier molecular flexibility index (Phi) is 5.13. The summed E-state index contributed by atoms with van der Waals surface area (Å²) < 4.78 is 5.79. The third-order valence-corrected chi connectivity index (χ3v) is 9.86. The Morgan fingerprint density at radius 3 is 2.15 bits per heavy atom. The highest BCUT2D eigenvalue weighted by Crippen LogP contribution is 2.60. The number of aliphatic imine (C=N–C) groups is 1. The van der Waals surface area contributed by atoms with Crippen LogP contribution >= 0.6 is 0 Å². The molecule has 4 bridgehead atoms. The summed E-state index contributed by atoms with van der Waals surface area (Å²) in [5, 5.41) is 0. The molecule has 1 aliphatic heterocycles. The van der Waals surface area contributed by atoms with Crippen LogP contribution in [0.3, 0.4) is 0 Å². The van der Waals surface area contributed by atoms with Crippen molar-refractivity contribution in [1.29, 1.82) is 0 Å². The molecule has 0 N–H and O–H groups in total. The summed E-state index contributed by atoms with van der Waals surface area (Å²) in [5.74, 6) is 4.34. The van der Waals surface area contributed by atoms with Crippen molar-refractivity contribution in [3.63, 3.8) is 0 Å². The third kappa shape index (κ3) is 3.58. The Morgan fingerprint density at radius 1 is 0.941 bits per heavy atom. The van der Waals surface area contributed by atoms with Crippen LogP contribution < -0.4 is 9.64 Å². The molecule has 3 heteroatoms. The van der Waals surface area contributed by atoms with E-state index in [1.807, 2.05) is 6.21 Å². The predicted molar refractivity (Wildman–Crippen MR) is 142 cm³/mol. The highest BCUT2D eigenvalue weighted by Gasteiger charge is 2.51. The van der Waals surface area contributed by atoms with Crippen LogP contribution in [0.4, 0.5) is 11.4 Å². The Labute approximate surface area is 205 Å². The summed E-state index contributed by atoms with van der Waals surface area (Å²) in [6, 6.07) is 13.7. The van der Waals surface area contributed by atoms with Crippen LogP contribution in [0, 0.1) is 17.8 Å². The van der Waals surface area contributed by atoms with Gasteiger partial charge in [0.05, 0.1) is 12.8 Å². The first kappa shape index (κ1) is 22.2. The minimum absolute atomic E-state index is 0.144. The Hall–Kier alpha value is -2.29. The summed E-state index contributed by atoms with van der Waals surface area (Å²) >= 11 is 0. The lowest BCUT2D eigenvalue weighted by atomic mass is 9.48. The fourth-order valence-corrected chi connectivity index (χ4v) is 8.40. The highest BCUT2D eigenvalue weighted by molar-refractivity contribution is 5.87. The largest absolute Gasteiger partial charge is 0.496 e. The Balaban J connectivity index is 1.26. The second-order valence-corrected chi connectivity index (χ2v) is 12.6. The van der Waals surface area contributed by atoms with E-state index < -0.39 is 0 Å². The minimum Gasteiger partial charge on any atom is -0.496 e. The van der Waals surface area contributed by atoms with Gasteiger partial charge < -0.3 is 9.64 Å².